The van der Waals surface area contributed by atoms with Gasteiger partial charge in [-0.2, -0.15) is 0 Å². The van der Waals surface area contributed by atoms with Gasteiger partial charge in [-0.3, -0.25) is 0 Å². The van der Waals surface area contributed by atoms with Gasteiger partial charge in [0.05, 0.1) is 0 Å². The lowest BCUT2D eigenvalue weighted by Crippen LogP contribution is -2.22. The molecule has 0 heteroatoms. The predicted molar refractivity (Wildman–Crippen MR) is 64.1 cm³/mol. The van der Waals surface area contributed by atoms with E-state index in [-0.39, 0.29) is 0 Å². The molecule has 0 N–H and O–H groups in total. The van der Waals surface area contributed by atoms with E-state index in [4.69, 9.17) is 0 Å². The SMILES string of the molecule is CC.CCCC(CC)C(C)(C)CC. The molecule has 1 atom stereocenters. The Morgan fingerprint density at radius 2 is 1.46 bits per heavy atom. The Hall–Kier alpha value is 0. The largest absolute Gasteiger partial charge is 0.0683 e. The van der Waals surface area contributed by atoms with E-state index < -0.39 is 0 Å². The summed E-state index contributed by atoms with van der Waals surface area (Å²) in [6, 6.07) is 0. The minimum Gasteiger partial charge on any atom is -0.0683 e. The second-order valence-corrected chi connectivity index (χ2v) is 4.24. The van der Waals surface area contributed by atoms with E-state index in [1.165, 1.54) is 25.7 Å². The van der Waals surface area contributed by atoms with Crippen LogP contribution in [0.1, 0.15) is 74.1 Å². The van der Waals surface area contributed by atoms with E-state index in [0.717, 1.165) is 5.92 Å². The maximum Gasteiger partial charge on any atom is -0.0329 e. The molecule has 0 aliphatic carbocycles. The van der Waals surface area contributed by atoms with Crippen LogP contribution in [0.15, 0.2) is 0 Å². The van der Waals surface area contributed by atoms with E-state index in [9.17, 15) is 0 Å². The molecule has 0 aromatic heterocycles. The highest BCUT2D eigenvalue weighted by Crippen LogP contribution is 2.35. The monoisotopic (exact) mass is 186 g/mol. The van der Waals surface area contributed by atoms with Crippen molar-refractivity contribution in [3.8, 4) is 0 Å². The molecule has 13 heavy (non-hydrogen) atoms. The van der Waals surface area contributed by atoms with E-state index in [1.54, 1.807) is 0 Å². The molecule has 0 saturated carbocycles. The molecular formula is C13H30. The van der Waals surface area contributed by atoms with Crippen LogP contribution in [-0.4, -0.2) is 0 Å². The Kier molecular flexibility index (Phi) is 10.2. The van der Waals surface area contributed by atoms with Gasteiger partial charge in [0.15, 0.2) is 0 Å². The number of rotatable bonds is 5. The quantitative estimate of drug-likeness (QED) is 0.548. The summed E-state index contributed by atoms with van der Waals surface area (Å²) in [6.07, 6.45) is 5.39. The molecule has 0 heterocycles. The van der Waals surface area contributed by atoms with E-state index in [2.05, 4.69) is 34.6 Å². The number of hydrogen-bond donors (Lipinski definition) is 0. The van der Waals surface area contributed by atoms with Crippen molar-refractivity contribution >= 4 is 0 Å². The molecule has 1 unspecified atom stereocenters. The lowest BCUT2D eigenvalue weighted by Gasteiger charge is -2.32. The van der Waals surface area contributed by atoms with Gasteiger partial charge in [0.1, 0.15) is 0 Å². The second-order valence-electron chi connectivity index (χ2n) is 4.24. The average Bonchev–Trinajstić information content (AvgIpc) is 2.17. The zero-order valence-corrected chi connectivity index (χ0v) is 10.9. The van der Waals surface area contributed by atoms with Gasteiger partial charge < -0.3 is 0 Å². The molecule has 0 radical (unpaired) electrons. The van der Waals surface area contributed by atoms with Crippen LogP contribution in [0.4, 0.5) is 0 Å². The smallest absolute Gasteiger partial charge is 0.0329 e. The van der Waals surface area contributed by atoms with Crippen LogP contribution < -0.4 is 0 Å². The van der Waals surface area contributed by atoms with Crippen molar-refractivity contribution in [3.63, 3.8) is 0 Å². The third kappa shape index (κ3) is 6.12. The van der Waals surface area contributed by atoms with Gasteiger partial charge in [0.2, 0.25) is 0 Å². The summed E-state index contributed by atoms with van der Waals surface area (Å²) >= 11 is 0. The van der Waals surface area contributed by atoms with Crippen molar-refractivity contribution in [2.75, 3.05) is 0 Å². The van der Waals surface area contributed by atoms with Crippen LogP contribution >= 0.6 is 0 Å². The van der Waals surface area contributed by atoms with Crippen molar-refractivity contribution < 1.29 is 0 Å². The van der Waals surface area contributed by atoms with Crippen LogP contribution in [0, 0.1) is 11.3 Å². The van der Waals surface area contributed by atoms with Gasteiger partial charge in [0.25, 0.3) is 0 Å². The molecule has 0 bridgehead atoms. The average molecular weight is 186 g/mol. The topological polar surface area (TPSA) is 0 Å². The first kappa shape index (κ1) is 15.5. The summed E-state index contributed by atoms with van der Waals surface area (Å²) < 4.78 is 0. The molecule has 0 nitrogen and oxygen atoms in total. The third-order valence-electron chi connectivity index (χ3n) is 3.15. The summed E-state index contributed by atoms with van der Waals surface area (Å²) in [5.41, 5.74) is 0.560. The first-order valence-electron chi connectivity index (χ1n) is 6.08. The fourth-order valence-corrected chi connectivity index (χ4v) is 1.78. The van der Waals surface area contributed by atoms with Crippen LogP contribution in [-0.2, 0) is 0 Å². The van der Waals surface area contributed by atoms with Gasteiger partial charge in [-0.1, -0.05) is 74.1 Å². The third-order valence-corrected chi connectivity index (χ3v) is 3.15. The van der Waals surface area contributed by atoms with Crippen molar-refractivity contribution in [2.45, 2.75) is 74.1 Å². The fourth-order valence-electron chi connectivity index (χ4n) is 1.78. The Morgan fingerprint density at radius 1 is 1.00 bits per heavy atom. The minimum absolute atomic E-state index is 0.560. The normalized spacial score (nSPS) is 13.2. The van der Waals surface area contributed by atoms with E-state index >= 15 is 0 Å². The molecule has 0 aliphatic heterocycles. The Labute approximate surface area is 86.1 Å². The molecule has 0 aromatic rings. The summed E-state index contributed by atoms with van der Waals surface area (Å²) in [6.45, 7) is 15.7. The molecular weight excluding hydrogens is 156 g/mol. The Morgan fingerprint density at radius 3 is 1.69 bits per heavy atom. The summed E-state index contributed by atoms with van der Waals surface area (Å²) in [7, 11) is 0. The molecule has 0 fully saturated rings. The molecule has 0 saturated heterocycles. The highest BCUT2D eigenvalue weighted by molar-refractivity contribution is 4.75. The van der Waals surface area contributed by atoms with Crippen LogP contribution in [0.25, 0.3) is 0 Å². The summed E-state index contributed by atoms with van der Waals surface area (Å²) in [5, 5.41) is 0. The lowest BCUT2D eigenvalue weighted by atomic mass is 9.73. The summed E-state index contributed by atoms with van der Waals surface area (Å²) in [5.74, 6) is 0.928. The first-order chi connectivity index (χ1) is 6.08. The molecule has 0 spiro atoms. The first-order valence-corrected chi connectivity index (χ1v) is 6.08. The zero-order valence-electron chi connectivity index (χ0n) is 10.9. The predicted octanol–water partition coefficient (Wildman–Crippen LogP) is 5.28. The Bertz CT molecular complexity index is 92.2. The van der Waals surface area contributed by atoms with Crippen molar-refractivity contribution in [3.05, 3.63) is 0 Å². The van der Waals surface area contributed by atoms with Gasteiger partial charge >= 0.3 is 0 Å². The minimum atomic E-state index is 0.560. The van der Waals surface area contributed by atoms with Crippen LogP contribution in [0.3, 0.4) is 0 Å². The van der Waals surface area contributed by atoms with Crippen LogP contribution in [0.2, 0.25) is 0 Å². The van der Waals surface area contributed by atoms with Crippen molar-refractivity contribution in [2.24, 2.45) is 11.3 Å². The number of hydrogen-bond acceptors (Lipinski definition) is 0. The molecule has 0 aromatic carbocycles. The molecule has 0 aliphatic rings. The van der Waals surface area contributed by atoms with Gasteiger partial charge in [-0.25, -0.2) is 0 Å². The van der Waals surface area contributed by atoms with Crippen molar-refractivity contribution in [1.29, 1.82) is 0 Å². The molecule has 0 rings (SSSR count). The second kappa shape index (κ2) is 8.59. The fraction of sp³-hybridized carbons (Fsp3) is 1.00. The van der Waals surface area contributed by atoms with Crippen molar-refractivity contribution in [1.82, 2.24) is 0 Å². The Balaban J connectivity index is 0. The van der Waals surface area contributed by atoms with Gasteiger partial charge in [-0.05, 0) is 11.3 Å². The standard InChI is InChI=1S/C11H24.C2H6/c1-6-9-10(7-2)11(4,5)8-3;1-2/h10H,6-9H2,1-5H3;1-2H3. The van der Waals surface area contributed by atoms with E-state index in [0.29, 0.717) is 5.41 Å². The van der Waals surface area contributed by atoms with Gasteiger partial charge in [0, 0.05) is 0 Å². The van der Waals surface area contributed by atoms with Gasteiger partial charge in [-0.15, -0.1) is 0 Å². The summed E-state index contributed by atoms with van der Waals surface area (Å²) in [4.78, 5) is 0. The molecule has 0 amide bonds. The lowest BCUT2D eigenvalue weighted by molar-refractivity contribution is 0.184. The highest BCUT2D eigenvalue weighted by Gasteiger charge is 2.24. The van der Waals surface area contributed by atoms with E-state index in [1.807, 2.05) is 13.8 Å². The molecule has 82 valence electrons. The van der Waals surface area contributed by atoms with Crippen LogP contribution in [0.5, 0.6) is 0 Å². The zero-order chi connectivity index (χ0) is 10.9. The maximum absolute atomic E-state index is 2.40. The highest BCUT2D eigenvalue weighted by atomic mass is 14.3. The maximum atomic E-state index is 2.40.